The van der Waals surface area contributed by atoms with Crippen molar-refractivity contribution in [2.75, 3.05) is 20.3 Å². The molecule has 3 aromatic rings. The first-order valence-electron chi connectivity index (χ1n) is 11.4. The number of ether oxygens (including phenoxy) is 2. The lowest BCUT2D eigenvalue weighted by atomic mass is 9.84. The third-order valence-corrected chi connectivity index (χ3v) is 6.52. The smallest absolute Gasteiger partial charge is 0.411 e. The molecule has 0 saturated carbocycles. The molecule has 2 heterocycles. The van der Waals surface area contributed by atoms with Crippen molar-refractivity contribution in [3.8, 4) is 17.0 Å². The second kappa shape index (κ2) is 10.2. The lowest BCUT2D eigenvalue weighted by Gasteiger charge is -2.43. The number of hydrogen-bond donors (Lipinski definition) is 1. The van der Waals surface area contributed by atoms with E-state index in [-0.39, 0.29) is 18.5 Å². The maximum absolute atomic E-state index is 13.5. The molecule has 0 bridgehead atoms. The van der Waals surface area contributed by atoms with Gasteiger partial charge in [0, 0.05) is 31.8 Å². The Bertz CT molecular complexity index is 1120. The van der Waals surface area contributed by atoms with Gasteiger partial charge in [0.25, 0.3) is 0 Å². The number of benzene rings is 2. The topological polar surface area (TPSA) is 71.9 Å². The van der Waals surface area contributed by atoms with Crippen molar-refractivity contribution < 1.29 is 23.8 Å². The molecule has 7 heteroatoms. The first kappa shape index (κ1) is 23.7. The zero-order chi connectivity index (χ0) is 24.1. The van der Waals surface area contributed by atoms with E-state index in [9.17, 15) is 14.3 Å². The molecule has 1 aliphatic heterocycles. The zero-order valence-electron chi connectivity index (χ0n) is 19.4. The van der Waals surface area contributed by atoms with Gasteiger partial charge in [-0.3, -0.25) is 0 Å². The largest absolute Gasteiger partial charge is 0.481 e. The van der Waals surface area contributed by atoms with Crippen LogP contribution in [0.15, 0.2) is 66.9 Å². The van der Waals surface area contributed by atoms with Gasteiger partial charge in [-0.15, -0.1) is 0 Å². The summed E-state index contributed by atoms with van der Waals surface area (Å²) in [6.45, 7) is 2.47. The van der Waals surface area contributed by atoms with Crippen molar-refractivity contribution in [1.29, 1.82) is 0 Å². The molecule has 4 rings (SSSR count). The molecule has 1 amide bonds. The average molecular weight is 465 g/mol. The van der Waals surface area contributed by atoms with Crippen LogP contribution in [0.5, 0.6) is 5.88 Å². The maximum atomic E-state index is 13.5. The molecule has 1 N–H and O–H groups in total. The minimum Gasteiger partial charge on any atom is -0.481 e. The van der Waals surface area contributed by atoms with Gasteiger partial charge in [0.2, 0.25) is 5.88 Å². The van der Waals surface area contributed by atoms with Crippen molar-refractivity contribution in [2.24, 2.45) is 0 Å². The van der Waals surface area contributed by atoms with Gasteiger partial charge in [-0.1, -0.05) is 36.4 Å². The summed E-state index contributed by atoms with van der Waals surface area (Å²) in [4.78, 5) is 19.0. The molecule has 1 saturated heterocycles. The van der Waals surface area contributed by atoms with Crippen LogP contribution in [0, 0.1) is 5.82 Å². The Balaban J connectivity index is 1.51. The predicted octanol–water partition coefficient (Wildman–Crippen LogP) is 5.47. The van der Waals surface area contributed by atoms with E-state index in [1.807, 2.05) is 43.3 Å². The van der Waals surface area contributed by atoms with E-state index in [1.54, 1.807) is 30.3 Å². The molecular weight excluding hydrogens is 435 g/mol. The number of carbonyl (C=O) groups is 1. The maximum Gasteiger partial charge on any atom is 0.411 e. The van der Waals surface area contributed by atoms with Crippen LogP contribution in [0.4, 0.5) is 9.18 Å². The van der Waals surface area contributed by atoms with Crippen molar-refractivity contribution in [1.82, 2.24) is 9.88 Å². The number of carbonyl (C=O) groups excluding carboxylic acids is 1. The van der Waals surface area contributed by atoms with Crippen LogP contribution < -0.4 is 4.74 Å². The van der Waals surface area contributed by atoms with E-state index < -0.39 is 11.7 Å². The first-order valence-corrected chi connectivity index (χ1v) is 11.4. The number of halogens is 1. The number of aliphatic hydroxyl groups excluding tert-OH is 1. The Hall–Kier alpha value is -3.45. The molecule has 6 nitrogen and oxygen atoms in total. The Kier molecular flexibility index (Phi) is 7.12. The minimum absolute atomic E-state index is 0.00366. The summed E-state index contributed by atoms with van der Waals surface area (Å²) in [6.07, 6.45) is 2.82. The number of amides is 1. The predicted molar refractivity (Wildman–Crippen MR) is 127 cm³/mol. The molecule has 2 aromatic carbocycles. The van der Waals surface area contributed by atoms with Gasteiger partial charge in [-0.05, 0) is 60.2 Å². The zero-order valence-corrected chi connectivity index (χ0v) is 19.4. The fraction of sp³-hybridized carbons (Fsp3) is 0.333. The van der Waals surface area contributed by atoms with Crippen molar-refractivity contribution in [2.45, 2.75) is 37.8 Å². The van der Waals surface area contributed by atoms with Gasteiger partial charge in [-0.2, -0.15) is 0 Å². The van der Waals surface area contributed by atoms with Gasteiger partial charge in [-0.25, -0.2) is 14.2 Å². The van der Waals surface area contributed by atoms with Crippen LogP contribution in [-0.4, -0.2) is 41.3 Å². The second-order valence-electron chi connectivity index (χ2n) is 8.52. The molecule has 0 radical (unpaired) electrons. The molecule has 178 valence electrons. The fourth-order valence-electron chi connectivity index (χ4n) is 4.50. The molecular formula is C27H29FN2O4. The van der Waals surface area contributed by atoms with Gasteiger partial charge in [0.15, 0.2) is 0 Å². The standard InChI is InChI=1S/C27H29FN2O4/c1-19(20-4-6-21(7-5-20)22-12-15-29-25(18-22)33-2)30-16-14-27(13-3-17-31,34-26(30)32)23-8-10-24(28)11-9-23/h4-12,15,18-19,31H,3,13-14,16-17H2,1-2H3/t19-,27?/m0/s1. The Morgan fingerprint density at radius 2 is 1.88 bits per heavy atom. The molecule has 1 unspecified atom stereocenters. The first-order chi connectivity index (χ1) is 16.5. The number of methoxy groups -OCH3 is 1. The lowest BCUT2D eigenvalue weighted by molar-refractivity contribution is -0.0680. The highest BCUT2D eigenvalue weighted by molar-refractivity contribution is 5.70. The molecule has 1 aliphatic rings. The quantitative estimate of drug-likeness (QED) is 0.479. The van der Waals surface area contributed by atoms with Crippen molar-refractivity contribution in [3.05, 3.63) is 83.8 Å². The number of cyclic esters (lactones) is 1. The van der Waals surface area contributed by atoms with Crippen LogP contribution >= 0.6 is 0 Å². The van der Waals surface area contributed by atoms with E-state index in [1.165, 1.54) is 12.1 Å². The van der Waals surface area contributed by atoms with Crippen LogP contribution in [-0.2, 0) is 10.3 Å². The van der Waals surface area contributed by atoms with Gasteiger partial charge < -0.3 is 19.5 Å². The van der Waals surface area contributed by atoms with Gasteiger partial charge in [0.05, 0.1) is 13.2 Å². The Morgan fingerprint density at radius 1 is 1.15 bits per heavy atom. The highest BCUT2D eigenvalue weighted by Crippen LogP contribution is 2.40. The van der Waals surface area contributed by atoms with Crippen LogP contribution in [0.25, 0.3) is 11.1 Å². The number of nitrogens with zero attached hydrogens (tertiary/aromatic N) is 2. The van der Waals surface area contributed by atoms with E-state index in [0.29, 0.717) is 31.7 Å². The van der Waals surface area contributed by atoms with Crippen molar-refractivity contribution >= 4 is 6.09 Å². The van der Waals surface area contributed by atoms with E-state index in [4.69, 9.17) is 9.47 Å². The Labute approximate surface area is 199 Å². The summed E-state index contributed by atoms with van der Waals surface area (Å²) in [7, 11) is 1.59. The van der Waals surface area contributed by atoms with Crippen LogP contribution in [0.1, 0.15) is 43.4 Å². The van der Waals surface area contributed by atoms with Crippen molar-refractivity contribution in [3.63, 3.8) is 0 Å². The fourth-order valence-corrected chi connectivity index (χ4v) is 4.50. The second-order valence-corrected chi connectivity index (χ2v) is 8.52. The molecule has 1 fully saturated rings. The van der Waals surface area contributed by atoms with Gasteiger partial charge >= 0.3 is 6.09 Å². The number of aromatic nitrogens is 1. The number of hydrogen-bond acceptors (Lipinski definition) is 5. The van der Waals surface area contributed by atoms with E-state index in [2.05, 4.69) is 4.98 Å². The van der Waals surface area contributed by atoms with Crippen LogP contribution in [0.3, 0.4) is 0 Å². The van der Waals surface area contributed by atoms with Gasteiger partial charge in [0.1, 0.15) is 11.4 Å². The molecule has 0 aliphatic carbocycles. The highest BCUT2D eigenvalue weighted by Gasteiger charge is 2.43. The highest BCUT2D eigenvalue weighted by atomic mass is 19.1. The molecule has 0 spiro atoms. The van der Waals surface area contributed by atoms with E-state index >= 15 is 0 Å². The summed E-state index contributed by atoms with van der Waals surface area (Å²) in [5, 5.41) is 9.37. The molecule has 1 aromatic heterocycles. The average Bonchev–Trinajstić information content (AvgIpc) is 2.87. The Morgan fingerprint density at radius 3 is 2.53 bits per heavy atom. The van der Waals surface area contributed by atoms with Crippen LogP contribution in [0.2, 0.25) is 0 Å². The SMILES string of the molecule is COc1cc(-c2ccc([C@H](C)N3CCC(CCCO)(c4ccc(F)cc4)OC3=O)cc2)ccn1. The molecule has 34 heavy (non-hydrogen) atoms. The number of pyridine rings is 1. The third-order valence-electron chi connectivity index (χ3n) is 6.52. The normalized spacial score (nSPS) is 18.9. The summed E-state index contributed by atoms with van der Waals surface area (Å²) in [5.74, 6) is 0.212. The summed E-state index contributed by atoms with van der Waals surface area (Å²) in [5.41, 5.74) is 2.90. The third kappa shape index (κ3) is 4.89. The number of aliphatic hydroxyl groups is 1. The summed E-state index contributed by atoms with van der Waals surface area (Å²) < 4.78 is 24.7. The molecule has 2 atom stereocenters. The number of rotatable bonds is 8. The summed E-state index contributed by atoms with van der Waals surface area (Å²) >= 11 is 0. The minimum atomic E-state index is -0.867. The summed E-state index contributed by atoms with van der Waals surface area (Å²) in [6, 6.07) is 17.7. The monoisotopic (exact) mass is 464 g/mol. The van der Waals surface area contributed by atoms with E-state index in [0.717, 1.165) is 22.3 Å². The lowest BCUT2D eigenvalue weighted by Crippen LogP contribution is -2.48.